The third kappa shape index (κ3) is 4.55. The molecule has 2 N–H and O–H groups in total. The quantitative estimate of drug-likeness (QED) is 0.639. The minimum atomic E-state index is -1.19. The Hall–Kier alpha value is -0.920. The number of rotatable bonds is 6. The summed E-state index contributed by atoms with van der Waals surface area (Å²) in [5.41, 5.74) is 0.557. The van der Waals surface area contributed by atoms with Crippen molar-refractivity contribution in [2.24, 2.45) is 0 Å². The summed E-state index contributed by atoms with van der Waals surface area (Å²) < 4.78 is 0. The Morgan fingerprint density at radius 3 is 2.65 bits per heavy atom. The third-order valence-electron chi connectivity index (χ3n) is 3.97. The Kier molecular flexibility index (Phi) is 6.61. The number of aromatic nitrogens is 1. The normalized spacial score (nSPS) is 15.5. The molecule has 23 heavy (non-hydrogen) atoms. The van der Waals surface area contributed by atoms with Crippen LogP contribution in [0, 0.1) is 0 Å². The van der Waals surface area contributed by atoms with Crippen molar-refractivity contribution in [1.82, 2.24) is 10.3 Å². The van der Waals surface area contributed by atoms with E-state index < -0.39 is 12.0 Å². The molecule has 0 saturated heterocycles. The van der Waals surface area contributed by atoms with Crippen molar-refractivity contribution >= 4 is 17.3 Å². The van der Waals surface area contributed by atoms with Crippen molar-refractivity contribution in [2.75, 3.05) is 0 Å². The van der Waals surface area contributed by atoms with Crippen molar-refractivity contribution in [3.63, 3.8) is 0 Å². The number of nitrogens with one attached hydrogen (secondary N) is 1. The molecule has 0 bridgehead atoms. The van der Waals surface area contributed by atoms with Crippen LogP contribution in [0.3, 0.4) is 0 Å². The topological polar surface area (TPSA) is 85.3 Å². The summed E-state index contributed by atoms with van der Waals surface area (Å²) >= 11 is 1.64. The first-order valence-corrected chi connectivity index (χ1v) is 8.13. The Morgan fingerprint density at radius 2 is 2.09 bits per heavy atom. The standard InChI is InChI=1S/C16H18N2O3S.Na/c19-12-6-4-10(5-7-12)14(16(20)21)17-8-13-9-18-15(22-13)11-2-1-3-11;/h4-7,9,11,14,17,19H,1-3,8H2,(H,20,21);/q;+1/p-1/t14-;/m1./s1. The van der Waals surface area contributed by atoms with Gasteiger partial charge in [-0.05, 0) is 30.5 Å². The molecule has 0 amide bonds. The Balaban J connectivity index is 0.00000192. The van der Waals surface area contributed by atoms with Gasteiger partial charge in [-0.2, -0.15) is 0 Å². The van der Waals surface area contributed by atoms with Crippen molar-refractivity contribution in [3.05, 3.63) is 45.9 Å². The number of phenols is 1. The molecule has 2 aromatic rings. The van der Waals surface area contributed by atoms with E-state index >= 15 is 0 Å². The van der Waals surface area contributed by atoms with E-state index in [1.54, 1.807) is 23.5 Å². The summed E-state index contributed by atoms with van der Waals surface area (Å²) in [4.78, 5) is 16.8. The second kappa shape index (κ2) is 8.26. The van der Waals surface area contributed by atoms with Gasteiger partial charge in [0, 0.05) is 23.5 Å². The average molecular weight is 340 g/mol. The van der Waals surface area contributed by atoms with Crippen molar-refractivity contribution < 1.29 is 44.6 Å². The molecule has 1 aromatic heterocycles. The summed E-state index contributed by atoms with van der Waals surface area (Å²) in [5, 5.41) is 24.7. The van der Waals surface area contributed by atoms with Crippen molar-refractivity contribution in [1.29, 1.82) is 0 Å². The molecule has 1 saturated carbocycles. The van der Waals surface area contributed by atoms with Gasteiger partial charge in [-0.25, -0.2) is 4.98 Å². The molecule has 1 aliphatic carbocycles. The fourth-order valence-corrected chi connectivity index (χ4v) is 3.49. The van der Waals surface area contributed by atoms with Crippen LogP contribution in [-0.2, 0) is 11.3 Å². The molecule has 7 heteroatoms. The number of aliphatic carboxylic acids is 1. The zero-order valence-electron chi connectivity index (χ0n) is 13.0. The number of carboxylic acids is 1. The van der Waals surface area contributed by atoms with Gasteiger partial charge in [0.2, 0.25) is 0 Å². The summed E-state index contributed by atoms with van der Waals surface area (Å²) in [5.74, 6) is -0.490. The first kappa shape index (κ1) is 18.4. The van der Waals surface area contributed by atoms with Crippen LogP contribution in [0.25, 0.3) is 0 Å². The molecule has 1 atom stereocenters. The minimum absolute atomic E-state index is 0. The number of thiazole rings is 1. The van der Waals surface area contributed by atoms with E-state index in [2.05, 4.69) is 10.3 Å². The van der Waals surface area contributed by atoms with Gasteiger partial charge in [0.25, 0.3) is 0 Å². The summed E-state index contributed by atoms with van der Waals surface area (Å²) in [7, 11) is 0. The molecule has 1 aromatic carbocycles. The molecule has 1 aliphatic rings. The molecular weight excluding hydrogens is 323 g/mol. The summed E-state index contributed by atoms with van der Waals surface area (Å²) in [6.07, 6.45) is 5.49. The number of carbonyl (C=O) groups excluding carboxylic acids is 1. The van der Waals surface area contributed by atoms with E-state index in [1.165, 1.54) is 31.4 Å². The van der Waals surface area contributed by atoms with E-state index in [1.807, 2.05) is 6.20 Å². The number of carboxylic acid groups (broad SMARTS) is 1. The fourth-order valence-electron chi connectivity index (χ4n) is 2.45. The zero-order chi connectivity index (χ0) is 15.5. The van der Waals surface area contributed by atoms with Crippen LogP contribution < -0.4 is 40.0 Å². The van der Waals surface area contributed by atoms with E-state index in [4.69, 9.17) is 0 Å². The first-order valence-electron chi connectivity index (χ1n) is 7.31. The van der Waals surface area contributed by atoms with E-state index in [-0.39, 0.29) is 35.3 Å². The summed E-state index contributed by atoms with van der Waals surface area (Å²) in [6, 6.07) is 5.18. The van der Waals surface area contributed by atoms with Gasteiger partial charge >= 0.3 is 29.6 Å². The van der Waals surface area contributed by atoms with Crippen molar-refractivity contribution in [2.45, 2.75) is 37.8 Å². The number of aromatic hydroxyl groups is 1. The summed E-state index contributed by atoms with van der Waals surface area (Å²) in [6.45, 7) is 0.434. The largest absolute Gasteiger partial charge is 1.00 e. The van der Waals surface area contributed by atoms with Gasteiger partial charge in [-0.15, -0.1) is 11.3 Å². The Bertz CT molecular complexity index is 656. The van der Waals surface area contributed by atoms with Crippen LogP contribution >= 0.6 is 11.3 Å². The first-order chi connectivity index (χ1) is 10.6. The molecule has 0 aliphatic heterocycles. The molecule has 0 spiro atoms. The predicted molar refractivity (Wildman–Crippen MR) is 81.4 cm³/mol. The number of nitrogens with zero attached hydrogens (tertiary/aromatic N) is 1. The number of carbonyl (C=O) groups is 1. The predicted octanol–water partition coefficient (Wildman–Crippen LogP) is -1.30. The number of hydrogen-bond donors (Lipinski definition) is 2. The van der Waals surface area contributed by atoms with Crippen LogP contribution in [0.1, 0.15) is 46.7 Å². The minimum Gasteiger partial charge on any atom is -0.548 e. The molecule has 1 fully saturated rings. The molecule has 5 nitrogen and oxygen atoms in total. The third-order valence-corrected chi connectivity index (χ3v) is 5.13. The van der Waals surface area contributed by atoms with Gasteiger partial charge in [0.15, 0.2) is 0 Å². The molecule has 0 radical (unpaired) electrons. The second-order valence-corrected chi connectivity index (χ2v) is 6.66. The van der Waals surface area contributed by atoms with Crippen LogP contribution in [0.4, 0.5) is 0 Å². The Morgan fingerprint density at radius 1 is 1.39 bits per heavy atom. The average Bonchev–Trinajstić information content (AvgIpc) is 2.87. The zero-order valence-corrected chi connectivity index (χ0v) is 15.8. The smallest absolute Gasteiger partial charge is 0.548 e. The maximum atomic E-state index is 11.3. The SMILES string of the molecule is O=C([O-])[C@H](NCc1cnc(C2CCC2)s1)c1ccc(O)cc1.[Na+]. The van der Waals surface area contributed by atoms with Crippen LogP contribution in [0.15, 0.2) is 30.5 Å². The molecule has 1 heterocycles. The van der Waals surface area contributed by atoms with Gasteiger partial charge < -0.3 is 20.3 Å². The number of phenolic OH excluding ortho intramolecular Hbond substituents is 1. The molecule has 116 valence electrons. The fraction of sp³-hybridized carbons (Fsp3) is 0.375. The maximum Gasteiger partial charge on any atom is 1.00 e. The maximum absolute atomic E-state index is 11.3. The van der Waals surface area contributed by atoms with Gasteiger partial charge in [-0.3, -0.25) is 0 Å². The van der Waals surface area contributed by atoms with Crippen molar-refractivity contribution in [3.8, 4) is 5.75 Å². The van der Waals surface area contributed by atoms with Crippen LogP contribution in [0.2, 0.25) is 0 Å². The van der Waals surface area contributed by atoms with Crippen LogP contribution in [0.5, 0.6) is 5.75 Å². The monoisotopic (exact) mass is 340 g/mol. The number of benzene rings is 1. The molecular formula is C16H17N2NaO3S. The van der Waals surface area contributed by atoms with E-state index in [0.717, 1.165) is 9.88 Å². The molecule has 0 unspecified atom stereocenters. The van der Waals surface area contributed by atoms with Gasteiger partial charge in [0.1, 0.15) is 5.75 Å². The molecule has 3 rings (SSSR count). The van der Waals surface area contributed by atoms with E-state index in [9.17, 15) is 15.0 Å². The van der Waals surface area contributed by atoms with Gasteiger partial charge in [0.05, 0.1) is 17.0 Å². The van der Waals surface area contributed by atoms with E-state index in [0.29, 0.717) is 18.0 Å². The Labute approximate surface area is 161 Å². The van der Waals surface area contributed by atoms with Gasteiger partial charge in [-0.1, -0.05) is 18.6 Å². The number of hydrogen-bond acceptors (Lipinski definition) is 6. The van der Waals surface area contributed by atoms with Crippen LogP contribution in [-0.4, -0.2) is 16.1 Å². The second-order valence-electron chi connectivity index (χ2n) is 5.52.